The molecule has 0 saturated carbocycles. The van der Waals surface area contributed by atoms with Crippen LogP contribution in [0.4, 0.5) is 0 Å². The van der Waals surface area contributed by atoms with Gasteiger partial charge in [-0.2, -0.15) is 0 Å². The first kappa shape index (κ1) is 17.0. The Morgan fingerprint density at radius 2 is 1.85 bits per heavy atom. The Bertz CT molecular complexity index is 397. The maximum Gasteiger partial charge on any atom is 0.139 e. The summed E-state index contributed by atoms with van der Waals surface area (Å²) in [5.74, 6) is 0.406. The van der Waals surface area contributed by atoms with E-state index in [0.29, 0.717) is 5.78 Å². The molecule has 0 aliphatic rings. The molecule has 20 heavy (non-hydrogen) atoms. The number of rotatable bonds is 10. The third kappa shape index (κ3) is 7.54. The van der Waals surface area contributed by atoms with Crippen LogP contribution in [0.15, 0.2) is 46.7 Å². The van der Waals surface area contributed by atoms with Gasteiger partial charge >= 0.3 is 0 Å². The van der Waals surface area contributed by atoms with E-state index in [1.165, 1.54) is 30.6 Å². The number of hydrogen-bond acceptors (Lipinski definition) is 2. The molecular weight excluding hydrogens is 264 g/mol. The number of thioether (sulfide) groups is 1. The first-order chi connectivity index (χ1) is 9.74. The lowest BCUT2D eigenvalue weighted by Crippen LogP contribution is -2.07. The van der Waals surface area contributed by atoms with Crippen LogP contribution in [0.5, 0.6) is 0 Å². The average molecular weight is 290 g/mol. The Morgan fingerprint density at radius 1 is 1.15 bits per heavy atom. The fourth-order valence-electron chi connectivity index (χ4n) is 1.97. The minimum Gasteiger partial charge on any atom is -0.299 e. The number of benzene rings is 1. The highest BCUT2D eigenvalue weighted by Gasteiger charge is 2.08. The summed E-state index contributed by atoms with van der Waals surface area (Å²) in [6.07, 6.45) is 8.79. The summed E-state index contributed by atoms with van der Waals surface area (Å²) in [6.45, 7) is 4.21. The van der Waals surface area contributed by atoms with E-state index < -0.39 is 0 Å². The first-order valence-corrected chi connectivity index (χ1v) is 8.53. The number of allylic oxidation sites excluding steroid dienone is 1. The number of carbonyl (C=O) groups is 1. The highest BCUT2D eigenvalue weighted by atomic mass is 32.2. The highest BCUT2D eigenvalue weighted by Crippen LogP contribution is 2.19. The average Bonchev–Trinajstić information content (AvgIpc) is 2.47. The molecule has 0 saturated heterocycles. The van der Waals surface area contributed by atoms with Crippen molar-refractivity contribution in [3.05, 3.63) is 41.8 Å². The van der Waals surface area contributed by atoms with E-state index >= 15 is 0 Å². The van der Waals surface area contributed by atoms with Crippen molar-refractivity contribution in [2.24, 2.45) is 5.92 Å². The van der Waals surface area contributed by atoms with Crippen molar-refractivity contribution in [3.63, 3.8) is 0 Å². The van der Waals surface area contributed by atoms with Crippen LogP contribution < -0.4 is 0 Å². The summed E-state index contributed by atoms with van der Waals surface area (Å²) in [5.41, 5.74) is 0. The third-order valence-corrected chi connectivity index (χ3v) is 4.19. The van der Waals surface area contributed by atoms with E-state index in [-0.39, 0.29) is 5.92 Å². The Kier molecular flexibility index (Phi) is 9.14. The highest BCUT2D eigenvalue weighted by molar-refractivity contribution is 8.02. The SMILES string of the molecule is CCCCCCCC(=O)C(C)/C=C/Sc1ccccc1. The van der Waals surface area contributed by atoms with Gasteiger partial charge in [-0.3, -0.25) is 4.79 Å². The molecule has 0 spiro atoms. The second-order valence-corrected chi connectivity index (χ2v) is 6.16. The molecule has 0 amide bonds. The molecule has 0 radical (unpaired) electrons. The number of hydrogen-bond donors (Lipinski definition) is 0. The van der Waals surface area contributed by atoms with Crippen molar-refractivity contribution in [1.29, 1.82) is 0 Å². The van der Waals surface area contributed by atoms with Crippen molar-refractivity contribution < 1.29 is 4.79 Å². The molecule has 0 fully saturated rings. The molecule has 0 aliphatic carbocycles. The van der Waals surface area contributed by atoms with E-state index in [1.807, 2.05) is 36.6 Å². The Hall–Kier alpha value is -1.02. The van der Waals surface area contributed by atoms with Gasteiger partial charge in [0.05, 0.1) is 0 Å². The monoisotopic (exact) mass is 290 g/mol. The van der Waals surface area contributed by atoms with Crippen molar-refractivity contribution in [2.75, 3.05) is 0 Å². The zero-order chi connectivity index (χ0) is 14.6. The Labute approximate surface area is 127 Å². The molecule has 110 valence electrons. The molecule has 2 heteroatoms. The molecule has 1 aromatic rings. The summed E-state index contributed by atoms with van der Waals surface area (Å²) < 4.78 is 0. The van der Waals surface area contributed by atoms with Crippen LogP contribution in [-0.4, -0.2) is 5.78 Å². The third-order valence-electron chi connectivity index (χ3n) is 3.35. The minimum atomic E-state index is 0.0392. The van der Waals surface area contributed by atoms with Gasteiger partial charge in [-0.15, -0.1) is 0 Å². The van der Waals surface area contributed by atoms with Gasteiger partial charge in [-0.05, 0) is 24.0 Å². The Balaban J connectivity index is 2.20. The largest absolute Gasteiger partial charge is 0.299 e. The number of unbranched alkanes of at least 4 members (excludes halogenated alkanes) is 4. The van der Waals surface area contributed by atoms with E-state index in [9.17, 15) is 4.79 Å². The van der Waals surface area contributed by atoms with Gasteiger partial charge in [0.1, 0.15) is 5.78 Å². The lowest BCUT2D eigenvalue weighted by atomic mass is 10.0. The lowest BCUT2D eigenvalue weighted by molar-refractivity contribution is -0.121. The van der Waals surface area contributed by atoms with Crippen LogP contribution in [0, 0.1) is 5.92 Å². The quantitative estimate of drug-likeness (QED) is 0.396. The maximum atomic E-state index is 12.0. The van der Waals surface area contributed by atoms with Gasteiger partial charge in [0, 0.05) is 17.2 Å². The number of carbonyl (C=O) groups excluding carboxylic acids is 1. The van der Waals surface area contributed by atoms with Crippen molar-refractivity contribution >= 4 is 17.5 Å². The van der Waals surface area contributed by atoms with Crippen LogP contribution in [0.25, 0.3) is 0 Å². The molecule has 0 bridgehead atoms. The molecule has 1 rings (SSSR count). The molecular formula is C18H26OS. The van der Waals surface area contributed by atoms with E-state index in [1.54, 1.807) is 11.8 Å². The standard InChI is InChI=1S/C18H26OS/c1-3-4-5-6-10-13-18(19)16(2)14-15-20-17-11-8-7-9-12-17/h7-9,11-12,14-16H,3-6,10,13H2,1-2H3/b15-14+. The fraction of sp³-hybridized carbons (Fsp3) is 0.500. The van der Waals surface area contributed by atoms with Gasteiger partial charge in [-0.1, -0.05) is 75.6 Å². The second-order valence-electron chi connectivity index (χ2n) is 5.18. The van der Waals surface area contributed by atoms with Crippen LogP contribution in [0.1, 0.15) is 52.4 Å². The predicted molar refractivity (Wildman–Crippen MR) is 89.0 cm³/mol. The number of Topliss-reactive ketones (excluding diaryl/α,β-unsaturated/α-hetero) is 1. The summed E-state index contributed by atoms with van der Waals surface area (Å²) in [7, 11) is 0. The van der Waals surface area contributed by atoms with Crippen molar-refractivity contribution in [1.82, 2.24) is 0 Å². The predicted octanol–water partition coefficient (Wildman–Crippen LogP) is 5.86. The summed E-state index contributed by atoms with van der Waals surface area (Å²) in [6, 6.07) is 10.2. The fourth-order valence-corrected chi connectivity index (χ4v) is 2.76. The lowest BCUT2D eigenvalue weighted by Gasteiger charge is -2.05. The zero-order valence-corrected chi connectivity index (χ0v) is 13.5. The molecule has 0 N–H and O–H groups in total. The van der Waals surface area contributed by atoms with Gasteiger partial charge in [0.15, 0.2) is 0 Å². The summed E-state index contributed by atoms with van der Waals surface area (Å²) >= 11 is 1.67. The van der Waals surface area contributed by atoms with Crippen LogP contribution >= 0.6 is 11.8 Å². The molecule has 1 nitrogen and oxygen atoms in total. The van der Waals surface area contributed by atoms with Crippen molar-refractivity contribution in [3.8, 4) is 0 Å². The maximum absolute atomic E-state index is 12.0. The van der Waals surface area contributed by atoms with E-state index in [2.05, 4.69) is 19.1 Å². The molecule has 0 aliphatic heterocycles. The summed E-state index contributed by atoms with van der Waals surface area (Å²) in [5, 5.41) is 2.04. The van der Waals surface area contributed by atoms with E-state index in [4.69, 9.17) is 0 Å². The molecule has 1 unspecified atom stereocenters. The molecule has 0 heterocycles. The van der Waals surface area contributed by atoms with Crippen LogP contribution in [0.2, 0.25) is 0 Å². The van der Waals surface area contributed by atoms with Gasteiger partial charge in [-0.25, -0.2) is 0 Å². The van der Waals surface area contributed by atoms with Gasteiger partial charge < -0.3 is 0 Å². The van der Waals surface area contributed by atoms with Crippen LogP contribution in [0.3, 0.4) is 0 Å². The van der Waals surface area contributed by atoms with Gasteiger partial charge in [0.25, 0.3) is 0 Å². The summed E-state index contributed by atoms with van der Waals surface area (Å²) in [4.78, 5) is 13.2. The molecule has 1 atom stereocenters. The smallest absolute Gasteiger partial charge is 0.139 e. The van der Waals surface area contributed by atoms with Crippen molar-refractivity contribution in [2.45, 2.75) is 57.3 Å². The molecule has 1 aromatic carbocycles. The normalized spacial score (nSPS) is 12.7. The molecule has 0 aromatic heterocycles. The Morgan fingerprint density at radius 3 is 2.55 bits per heavy atom. The number of ketones is 1. The van der Waals surface area contributed by atoms with E-state index in [0.717, 1.165) is 12.8 Å². The van der Waals surface area contributed by atoms with Crippen LogP contribution in [-0.2, 0) is 4.79 Å². The topological polar surface area (TPSA) is 17.1 Å². The first-order valence-electron chi connectivity index (χ1n) is 7.65. The van der Waals surface area contributed by atoms with Gasteiger partial charge in [0.2, 0.25) is 0 Å². The second kappa shape index (κ2) is 10.7. The minimum absolute atomic E-state index is 0.0392. The zero-order valence-electron chi connectivity index (χ0n) is 12.7.